The molecule has 0 fully saturated rings. The third-order valence-electron chi connectivity index (χ3n) is 2.06. The second-order valence-corrected chi connectivity index (χ2v) is 5.31. The van der Waals surface area contributed by atoms with Gasteiger partial charge in [-0.1, -0.05) is 6.92 Å². The van der Waals surface area contributed by atoms with E-state index >= 15 is 0 Å². The largest absolute Gasteiger partial charge is 0.330 e. The number of aromatic nitrogens is 4. The molecule has 0 saturated carbocycles. The van der Waals surface area contributed by atoms with Crippen LogP contribution in [0.5, 0.6) is 0 Å². The summed E-state index contributed by atoms with van der Waals surface area (Å²) in [5.74, 6) is 0.872. The first-order valence-electron chi connectivity index (χ1n) is 5.33. The standard InChI is InChI=1S/C10H13N5S2/c1-2-8-14-10(17-15-8)16-9-12-5-7(3-4-11)6-13-9/h5-6H,2-4,11H2,1H3. The predicted octanol–water partition coefficient (Wildman–Crippen LogP) is 1.54. The normalized spacial score (nSPS) is 10.7. The first-order valence-corrected chi connectivity index (χ1v) is 6.92. The molecule has 0 radical (unpaired) electrons. The maximum absolute atomic E-state index is 5.46. The van der Waals surface area contributed by atoms with Crippen molar-refractivity contribution in [3.05, 3.63) is 23.8 Å². The molecule has 17 heavy (non-hydrogen) atoms. The third-order valence-corrected chi connectivity index (χ3v) is 3.74. The molecule has 2 aromatic rings. The van der Waals surface area contributed by atoms with E-state index in [1.54, 1.807) is 0 Å². The van der Waals surface area contributed by atoms with E-state index in [4.69, 9.17) is 5.73 Å². The zero-order valence-corrected chi connectivity index (χ0v) is 11.1. The van der Waals surface area contributed by atoms with Gasteiger partial charge in [0.05, 0.1) is 0 Å². The van der Waals surface area contributed by atoms with Crippen LogP contribution >= 0.6 is 23.3 Å². The maximum Gasteiger partial charge on any atom is 0.194 e. The predicted molar refractivity (Wildman–Crippen MR) is 68.2 cm³/mol. The van der Waals surface area contributed by atoms with Crippen molar-refractivity contribution in [3.63, 3.8) is 0 Å². The Balaban J connectivity index is 2.03. The summed E-state index contributed by atoms with van der Waals surface area (Å²) in [6, 6.07) is 0. The Hall–Kier alpha value is -1.05. The molecule has 2 heterocycles. The van der Waals surface area contributed by atoms with Crippen LogP contribution in [0.1, 0.15) is 18.3 Å². The minimum absolute atomic E-state index is 0.617. The maximum atomic E-state index is 5.46. The van der Waals surface area contributed by atoms with Gasteiger partial charge in [0, 0.05) is 18.8 Å². The number of rotatable bonds is 5. The minimum Gasteiger partial charge on any atom is -0.330 e. The van der Waals surface area contributed by atoms with Crippen molar-refractivity contribution in [2.75, 3.05) is 6.54 Å². The molecule has 0 aliphatic carbocycles. The molecule has 0 aliphatic heterocycles. The molecule has 0 atom stereocenters. The van der Waals surface area contributed by atoms with Crippen molar-refractivity contribution in [1.29, 1.82) is 0 Å². The van der Waals surface area contributed by atoms with E-state index in [1.165, 1.54) is 23.3 Å². The van der Waals surface area contributed by atoms with E-state index in [9.17, 15) is 0 Å². The topological polar surface area (TPSA) is 77.6 Å². The van der Waals surface area contributed by atoms with Crippen molar-refractivity contribution >= 4 is 23.3 Å². The van der Waals surface area contributed by atoms with Crippen LogP contribution in [0.4, 0.5) is 0 Å². The Labute approximate surface area is 108 Å². The lowest BCUT2D eigenvalue weighted by molar-refractivity contribution is 0.889. The van der Waals surface area contributed by atoms with Crippen LogP contribution < -0.4 is 5.73 Å². The Kier molecular flexibility index (Phi) is 4.41. The smallest absolute Gasteiger partial charge is 0.194 e. The van der Waals surface area contributed by atoms with E-state index in [-0.39, 0.29) is 0 Å². The summed E-state index contributed by atoms with van der Waals surface area (Å²) in [6.07, 6.45) is 5.28. The molecule has 5 nitrogen and oxygen atoms in total. The lowest BCUT2D eigenvalue weighted by Crippen LogP contribution is -2.03. The fourth-order valence-corrected chi connectivity index (χ4v) is 2.69. The number of nitrogens with zero attached hydrogens (tertiary/aromatic N) is 4. The van der Waals surface area contributed by atoms with Crippen LogP contribution in [-0.4, -0.2) is 25.9 Å². The van der Waals surface area contributed by atoms with Crippen LogP contribution in [0, 0.1) is 0 Å². The van der Waals surface area contributed by atoms with Gasteiger partial charge in [-0.3, -0.25) is 0 Å². The second kappa shape index (κ2) is 6.04. The third kappa shape index (κ3) is 3.45. The highest BCUT2D eigenvalue weighted by Crippen LogP contribution is 2.25. The van der Waals surface area contributed by atoms with E-state index < -0.39 is 0 Å². The van der Waals surface area contributed by atoms with Crippen molar-refractivity contribution in [3.8, 4) is 0 Å². The fourth-order valence-electron chi connectivity index (χ4n) is 1.19. The highest BCUT2D eigenvalue weighted by Gasteiger charge is 2.06. The van der Waals surface area contributed by atoms with E-state index in [2.05, 4.69) is 19.3 Å². The van der Waals surface area contributed by atoms with Crippen LogP contribution in [0.25, 0.3) is 0 Å². The van der Waals surface area contributed by atoms with Gasteiger partial charge in [-0.2, -0.15) is 4.37 Å². The fraction of sp³-hybridized carbons (Fsp3) is 0.400. The lowest BCUT2D eigenvalue weighted by atomic mass is 10.2. The molecule has 0 amide bonds. The SMILES string of the molecule is CCc1nsc(Sc2ncc(CCN)cn2)n1. The minimum atomic E-state index is 0.617. The number of aryl methyl sites for hydroxylation is 1. The van der Waals surface area contributed by atoms with E-state index in [0.29, 0.717) is 11.7 Å². The summed E-state index contributed by atoms with van der Waals surface area (Å²) in [5.41, 5.74) is 6.52. The van der Waals surface area contributed by atoms with Gasteiger partial charge in [0.2, 0.25) is 0 Å². The first-order chi connectivity index (χ1) is 8.31. The van der Waals surface area contributed by atoms with Crippen molar-refractivity contribution in [1.82, 2.24) is 19.3 Å². The van der Waals surface area contributed by atoms with Crippen molar-refractivity contribution in [2.24, 2.45) is 5.73 Å². The molecule has 0 aliphatic rings. The van der Waals surface area contributed by atoms with E-state index in [0.717, 1.165) is 28.6 Å². The summed E-state index contributed by atoms with van der Waals surface area (Å²) >= 11 is 2.83. The molecule has 0 bridgehead atoms. The Bertz CT molecular complexity index is 468. The number of hydrogen-bond donors (Lipinski definition) is 1. The van der Waals surface area contributed by atoms with Gasteiger partial charge in [0.1, 0.15) is 5.82 Å². The van der Waals surface area contributed by atoms with Crippen LogP contribution in [0.2, 0.25) is 0 Å². The molecule has 2 rings (SSSR count). The van der Waals surface area contributed by atoms with Crippen molar-refractivity contribution in [2.45, 2.75) is 29.3 Å². The molecule has 2 aromatic heterocycles. The molecular formula is C10H13N5S2. The molecule has 0 saturated heterocycles. The lowest BCUT2D eigenvalue weighted by Gasteiger charge is -1.98. The van der Waals surface area contributed by atoms with Crippen LogP contribution in [-0.2, 0) is 12.8 Å². The Morgan fingerprint density at radius 3 is 2.71 bits per heavy atom. The number of hydrogen-bond acceptors (Lipinski definition) is 7. The highest BCUT2D eigenvalue weighted by molar-refractivity contribution is 8.00. The zero-order chi connectivity index (χ0) is 12.1. The highest BCUT2D eigenvalue weighted by atomic mass is 32.2. The van der Waals surface area contributed by atoms with Gasteiger partial charge in [-0.05, 0) is 41.8 Å². The second-order valence-electron chi connectivity index (χ2n) is 3.34. The Morgan fingerprint density at radius 1 is 1.35 bits per heavy atom. The molecular weight excluding hydrogens is 254 g/mol. The van der Waals surface area contributed by atoms with E-state index in [1.807, 2.05) is 19.3 Å². The van der Waals surface area contributed by atoms with Crippen molar-refractivity contribution < 1.29 is 0 Å². The summed E-state index contributed by atoms with van der Waals surface area (Å²) in [6.45, 7) is 2.65. The average Bonchev–Trinajstić information content (AvgIpc) is 2.80. The summed E-state index contributed by atoms with van der Waals surface area (Å²) in [7, 11) is 0. The van der Waals surface area contributed by atoms with Gasteiger partial charge >= 0.3 is 0 Å². The van der Waals surface area contributed by atoms with Gasteiger partial charge in [-0.15, -0.1) is 0 Å². The van der Waals surface area contributed by atoms with Crippen LogP contribution in [0.15, 0.2) is 21.9 Å². The van der Waals surface area contributed by atoms with Gasteiger partial charge < -0.3 is 5.73 Å². The summed E-state index contributed by atoms with van der Waals surface area (Å²) in [5, 5.41) is 0.699. The molecule has 0 aromatic carbocycles. The molecule has 90 valence electrons. The summed E-state index contributed by atoms with van der Waals surface area (Å²) < 4.78 is 5.10. The molecule has 0 spiro atoms. The zero-order valence-electron chi connectivity index (χ0n) is 9.46. The van der Waals surface area contributed by atoms with Gasteiger partial charge in [-0.25, -0.2) is 15.0 Å². The average molecular weight is 267 g/mol. The molecule has 0 unspecified atom stereocenters. The monoisotopic (exact) mass is 267 g/mol. The van der Waals surface area contributed by atoms with Gasteiger partial charge in [0.25, 0.3) is 0 Å². The van der Waals surface area contributed by atoms with Crippen LogP contribution in [0.3, 0.4) is 0 Å². The summed E-state index contributed by atoms with van der Waals surface area (Å²) in [4.78, 5) is 12.9. The number of nitrogens with two attached hydrogens (primary N) is 1. The first kappa shape index (κ1) is 12.4. The quantitative estimate of drug-likeness (QED) is 0.828. The van der Waals surface area contributed by atoms with Gasteiger partial charge in [0.15, 0.2) is 9.50 Å². The molecule has 2 N–H and O–H groups in total. The molecule has 7 heteroatoms. The Morgan fingerprint density at radius 2 is 2.12 bits per heavy atom.